The van der Waals surface area contributed by atoms with Crippen LogP contribution in [0.15, 0.2) is 51.7 Å². The van der Waals surface area contributed by atoms with Gasteiger partial charge in [-0.2, -0.15) is 0 Å². The molecule has 3 aromatic rings. The Bertz CT molecular complexity index is 1090. The summed E-state index contributed by atoms with van der Waals surface area (Å²) in [6.07, 6.45) is -1.19. The van der Waals surface area contributed by atoms with Crippen LogP contribution in [0.2, 0.25) is 0 Å². The molecule has 28 heavy (non-hydrogen) atoms. The lowest BCUT2D eigenvalue weighted by atomic mass is 10.2. The molecular weight excluding hydrogens is 367 g/mol. The van der Waals surface area contributed by atoms with E-state index in [0.29, 0.717) is 16.7 Å². The van der Waals surface area contributed by atoms with Gasteiger partial charge in [-0.3, -0.25) is 14.2 Å². The fraction of sp³-hybridized carbons (Fsp3) is 0.250. The Kier molecular flexibility index (Phi) is 5.58. The van der Waals surface area contributed by atoms with Gasteiger partial charge in [0.15, 0.2) is 11.7 Å². The summed E-state index contributed by atoms with van der Waals surface area (Å²) < 4.78 is 25.1. The maximum Gasteiger partial charge on any atom is 0.419 e. The van der Waals surface area contributed by atoms with Crippen LogP contribution < -0.4 is 11.1 Å². The zero-order valence-corrected chi connectivity index (χ0v) is 15.4. The number of rotatable bonds is 6. The second-order valence-electron chi connectivity index (χ2n) is 6.32. The van der Waals surface area contributed by atoms with Crippen LogP contribution in [0.1, 0.15) is 18.9 Å². The molecule has 146 valence electrons. The number of nitrogens with zero attached hydrogens (tertiary/aromatic N) is 1. The molecule has 1 heterocycles. The van der Waals surface area contributed by atoms with Crippen LogP contribution in [-0.4, -0.2) is 22.5 Å². The van der Waals surface area contributed by atoms with Crippen LogP contribution in [0, 0.1) is 12.7 Å². The monoisotopic (exact) mass is 386 g/mol. The van der Waals surface area contributed by atoms with Gasteiger partial charge in [0.2, 0.25) is 0 Å². The summed E-state index contributed by atoms with van der Waals surface area (Å²) in [6.45, 7) is 3.09. The van der Waals surface area contributed by atoms with Gasteiger partial charge in [-0.1, -0.05) is 18.2 Å². The van der Waals surface area contributed by atoms with E-state index in [1.165, 1.54) is 23.6 Å². The predicted molar refractivity (Wildman–Crippen MR) is 100 cm³/mol. The number of carbonyl (C=O) groups excluding carboxylic acids is 2. The summed E-state index contributed by atoms with van der Waals surface area (Å²) >= 11 is 0. The second-order valence-corrected chi connectivity index (χ2v) is 6.32. The highest BCUT2D eigenvalue weighted by molar-refractivity contribution is 5.95. The molecule has 0 aliphatic carbocycles. The van der Waals surface area contributed by atoms with Gasteiger partial charge in [-0.15, -0.1) is 0 Å². The van der Waals surface area contributed by atoms with E-state index in [1.54, 1.807) is 37.3 Å². The highest BCUT2D eigenvalue weighted by atomic mass is 19.1. The molecule has 0 saturated heterocycles. The Morgan fingerprint density at radius 1 is 1.25 bits per heavy atom. The molecule has 7 nitrogen and oxygen atoms in total. The number of oxazole rings is 1. The van der Waals surface area contributed by atoms with Gasteiger partial charge in [0.25, 0.3) is 5.91 Å². The lowest BCUT2D eigenvalue weighted by Crippen LogP contribution is -2.30. The molecular formula is C20H19FN2O5. The highest BCUT2D eigenvalue weighted by Crippen LogP contribution is 2.15. The zero-order chi connectivity index (χ0) is 20.3. The number of ether oxygens (including phenoxy) is 1. The molecule has 1 amide bonds. The molecule has 1 aromatic heterocycles. The van der Waals surface area contributed by atoms with Crippen LogP contribution in [0.25, 0.3) is 11.1 Å². The largest absolute Gasteiger partial charge is 0.452 e. The number of para-hydroxylation sites is 2. The Morgan fingerprint density at radius 3 is 2.75 bits per heavy atom. The molecule has 0 radical (unpaired) electrons. The normalized spacial score (nSPS) is 12.0. The molecule has 0 saturated carbocycles. The standard InChI is InChI=1S/C20H19FN2O5/c1-12-7-8-14(11-15(12)21)22-19(25)13(2)27-18(24)9-10-23-16-5-3-4-6-17(16)28-20(23)26/h3-8,11,13H,9-10H2,1-2H3,(H,22,25). The Hall–Kier alpha value is -3.42. The van der Waals surface area contributed by atoms with E-state index in [0.717, 1.165) is 0 Å². The summed E-state index contributed by atoms with van der Waals surface area (Å²) in [7, 11) is 0. The Balaban J connectivity index is 1.56. The van der Waals surface area contributed by atoms with Crippen molar-refractivity contribution in [1.82, 2.24) is 4.57 Å². The third-order valence-electron chi connectivity index (χ3n) is 4.23. The number of aromatic nitrogens is 1. The number of fused-ring (bicyclic) bond motifs is 1. The van der Waals surface area contributed by atoms with E-state index in [1.807, 2.05) is 0 Å². The number of esters is 1. The SMILES string of the molecule is Cc1ccc(NC(=O)C(C)OC(=O)CCn2c(=O)oc3ccccc32)cc1F. The van der Waals surface area contributed by atoms with E-state index >= 15 is 0 Å². The van der Waals surface area contributed by atoms with E-state index < -0.39 is 29.6 Å². The van der Waals surface area contributed by atoms with E-state index in [9.17, 15) is 18.8 Å². The van der Waals surface area contributed by atoms with Crippen molar-refractivity contribution in [3.05, 3.63) is 64.4 Å². The molecule has 0 fully saturated rings. The van der Waals surface area contributed by atoms with Gasteiger partial charge in [0, 0.05) is 12.2 Å². The number of benzene rings is 2. The lowest BCUT2D eigenvalue weighted by Gasteiger charge is -2.14. The lowest BCUT2D eigenvalue weighted by molar-refractivity contribution is -0.153. The smallest absolute Gasteiger partial charge is 0.419 e. The number of carbonyl (C=O) groups is 2. The van der Waals surface area contributed by atoms with Gasteiger partial charge in [0.05, 0.1) is 11.9 Å². The molecule has 2 aromatic carbocycles. The molecule has 1 atom stereocenters. The number of halogens is 1. The van der Waals surface area contributed by atoms with Gasteiger partial charge >= 0.3 is 11.7 Å². The fourth-order valence-corrected chi connectivity index (χ4v) is 2.65. The van der Waals surface area contributed by atoms with Crippen molar-refractivity contribution >= 4 is 28.7 Å². The average Bonchev–Trinajstić information content (AvgIpc) is 2.98. The summed E-state index contributed by atoms with van der Waals surface area (Å²) in [4.78, 5) is 36.1. The third kappa shape index (κ3) is 4.28. The molecule has 8 heteroatoms. The maximum atomic E-state index is 13.5. The third-order valence-corrected chi connectivity index (χ3v) is 4.23. The predicted octanol–water partition coefficient (Wildman–Crippen LogP) is 3.00. The first-order valence-electron chi connectivity index (χ1n) is 8.70. The van der Waals surface area contributed by atoms with Crippen molar-refractivity contribution in [3.63, 3.8) is 0 Å². The minimum absolute atomic E-state index is 0.0617. The number of hydrogen-bond acceptors (Lipinski definition) is 5. The Morgan fingerprint density at radius 2 is 2.00 bits per heavy atom. The van der Waals surface area contributed by atoms with Crippen LogP contribution in [0.3, 0.4) is 0 Å². The first kappa shape index (κ1) is 19.3. The van der Waals surface area contributed by atoms with Gasteiger partial charge in [-0.25, -0.2) is 9.18 Å². The van der Waals surface area contributed by atoms with Crippen molar-refractivity contribution in [2.75, 3.05) is 5.32 Å². The average molecular weight is 386 g/mol. The quantitative estimate of drug-likeness (QED) is 0.658. The van der Waals surface area contributed by atoms with Gasteiger partial charge in [0.1, 0.15) is 5.82 Å². The molecule has 1 unspecified atom stereocenters. The summed E-state index contributed by atoms with van der Waals surface area (Å²) in [5.41, 5.74) is 1.73. The second kappa shape index (κ2) is 8.08. The first-order valence-corrected chi connectivity index (χ1v) is 8.70. The minimum atomic E-state index is -1.07. The zero-order valence-electron chi connectivity index (χ0n) is 15.4. The number of hydrogen-bond donors (Lipinski definition) is 1. The number of amides is 1. The van der Waals surface area contributed by atoms with Crippen molar-refractivity contribution in [1.29, 1.82) is 0 Å². The van der Waals surface area contributed by atoms with E-state index in [2.05, 4.69) is 5.32 Å². The Labute approximate surface area is 159 Å². The summed E-state index contributed by atoms with van der Waals surface area (Å²) in [5.74, 6) is -2.24. The van der Waals surface area contributed by atoms with Crippen LogP contribution in [0.5, 0.6) is 0 Å². The molecule has 0 bridgehead atoms. The van der Waals surface area contributed by atoms with Crippen molar-refractivity contribution in [2.24, 2.45) is 0 Å². The van der Waals surface area contributed by atoms with Crippen LogP contribution >= 0.6 is 0 Å². The molecule has 3 rings (SSSR count). The van der Waals surface area contributed by atoms with E-state index in [-0.39, 0.29) is 18.7 Å². The number of nitrogens with one attached hydrogen (secondary N) is 1. The van der Waals surface area contributed by atoms with Crippen LogP contribution in [-0.2, 0) is 20.9 Å². The van der Waals surface area contributed by atoms with Gasteiger partial charge < -0.3 is 14.5 Å². The summed E-state index contributed by atoms with van der Waals surface area (Å²) in [5, 5.41) is 2.49. The number of anilines is 1. The molecule has 0 aliphatic rings. The van der Waals surface area contributed by atoms with E-state index in [4.69, 9.17) is 9.15 Å². The maximum absolute atomic E-state index is 13.5. The minimum Gasteiger partial charge on any atom is -0.452 e. The van der Waals surface area contributed by atoms with Crippen molar-refractivity contribution in [2.45, 2.75) is 32.9 Å². The van der Waals surface area contributed by atoms with Gasteiger partial charge in [-0.05, 0) is 43.7 Å². The van der Waals surface area contributed by atoms with Crippen LogP contribution in [0.4, 0.5) is 10.1 Å². The molecule has 1 N–H and O–H groups in total. The number of aryl methyl sites for hydroxylation is 2. The van der Waals surface area contributed by atoms with Crippen molar-refractivity contribution in [3.8, 4) is 0 Å². The van der Waals surface area contributed by atoms with Crippen molar-refractivity contribution < 1.29 is 23.1 Å². The first-order chi connectivity index (χ1) is 13.3. The molecule has 0 spiro atoms. The molecule has 0 aliphatic heterocycles. The fourth-order valence-electron chi connectivity index (χ4n) is 2.65. The highest BCUT2D eigenvalue weighted by Gasteiger charge is 2.19. The topological polar surface area (TPSA) is 90.5 Å². The summed E-state index contributed by atoms with van der Waals surface area (Å²) in [6, 6.07) is 11.2.